The van der Waals surface area contributed by atoms with Crippen LogP contribution in [-0.4, -0.2) is 34.1 Å². The second kappa shape index (κ2) is 7.11. The highest BCUT2D eigenvalue weighted by Gasteiger charge is 2.35. The third-order valence-electron chi connectivity index (χ3n) is 5.32. The number of aromatic nitrogens is 2. The topological polar surface area (TPSA) is 85.2 Å². The molecule has 2 N–H and O–H groups in total. The van der Waals surface area contributed by atoms with Gasteiger partial charge in [0.05, 0.1) is 0 Å². The van der Waals surface area contributed by atoms with Gasteiger partial charge in [-0.2, -0.15) is 0 Å². The van der Waals surface area contributed by atoms with Crippen molar-refractivity contribution in [3.63, 3.8) is 0 Å². The van der Waals surface area contributed by atoms with Crippen LogP contribution in [-0.2, 0) is 11.2 Å². The van der Waals surface area contributed by atoms with Crippen molar-refractivity contribution in [3.8, 4) is 0 Å². The fourth-order valence-electron chi connectivity index (χ4n) is 3.17. The molecule has 6 heteroatoms. The molecule has 2 heterocycles. The molecule has 1 amide bonds. The fraction of sp³-hybridized carbons (Fsp3) is 0.812. The van der Waals surface area contributed by atoms with Crippen LogP contribution in [0.1, 0.15) is 58.8 Å². The second-order valence-electron chi connectivity index (χ2n) is 6.73. The van der Waals surface area contributed by atoms with Crippen molar-refractivity contribution in [3.05, 3.63) is 5.89 Å². The largest absolute Gasteiger partial charge is 0.408 e. The Hall–Kier alpha value is -1.59. The second-order valence-corrected chi connectivity index (χ2v) is 6.73. The maximum Gasteiger partial charge on any atom is 0.312 e. The van der Waals surface area contributed by atoms with Gasteiger partial charge in [0.2, 0.25) is 11.8 Å². The molecule has 1 atom stereocenters. The summed E-state index contributed by atoms with van der Waals surface area (Å²) in [5.41, 5.74) is 5.75. The van der Waals surface area contributed by atoms with Gasteiger partial charge < -0.3 is 15.1 Å². The standard InChI is InChI=1S/C16H28N4O2/c1-4-12(2)16(3)8-10-20(11-9-16)14(21)7-5-6-13-18-19-15(17)22-13/h12H,4-11H2,1-3H3,(H2,17,19). The quantitative estimate of drug-likeness (QED) is 0.873. The molecule has 0 bridgehead atoms. The molecule has 1 aliphatic heterocycles. The lowest BCUT2D eigenvalue weighted by Gasteiger charge is -2.43. The molecule has 0 saturated carbocycles. The van der Waals surface area contributed by atoms with Crippen molar-refractivity contribution in [1.82, 2.24) is 15.1 Å². The number of hydrogen-bond acceptors (Lipinski definition) is 5. The Balaban J connectivity index is 1.73. The number of rotatable bonds is 6. The Bertz CT molecular complexity index is 492. The van der Waals surface area contributed by atoms with Crippen LogP contribution in [0.15, 0.2) is 4.42 Å². The molecule has 1 aliphatic rings. The summed E-state index contributed by atoms with van der Waals surface area (Å²) in [5.74, 6) is 1.46. The molecule has 0 radical (unpaired) electrons. The normalized spacial score (nSPS) is 19.1. The van der Waals surface area contributed by atoms with E-state index in [9.17, 15) is 4.79 Å². The van der Waals surface area contributed by atoms with Gasteiger partial charge in [-0.3, -0.25) is 4.79 Å². The number of nitrogens with two attached hydrogens (primary N) is 1. The number of hydrogen-bond donors (Lipinski definition) is 1. The highest BCUT2D eigenvalue weighted by Crippen LogP contribution is 2.39. The summed E-state index contributed by atoms with van der Waals surface area (Å²) in [7, 11) is 0. The molecule has 0 aromatic carbocycles. The minimum absolute atomic E-state index is 0.0849. The third kappa shape index (κ3) is 3.99. The molecular weight excluding hydrogens is 280 g/mol. The van der Waals surface area contributed by atoms with Crippen LogP contribution in [0.4, 0.5) is 6.01 Å². The van der Waals surface area contributed by atoms with Crippen LogP contribution >= 0.6 is 0 Å². The number of carbonyl (C=O) groups excluding carboxylic acids is 1. The molecule has 1 aromatic rings. The lowest BCUT2D eigenvalue weighted by Crippen LogP contribution is -2.44. The Morgan fingerprint density at radius 1 is 1.41 bits per heavy atom. The van der Waals surface area contributed by atoms with E-state index in [1.807, 2.05) is 4.90 Å². The zero-order valence-corrected chi connectivity index (χ0v) is 14.0. The lowest BCUT2D eigenvalue weighted by molar-refractivity contribution is -0.134. The van der Waals surface area contributed by atoms with Crippen molar-refractivity contribution in [2.24, 2.45) is 11.3 Å². The van der Waals surface area contributed by atoms with Gasteiger partial charge >= 0.3 is 6.01 Å². The molecule has 124 valence electrons. The third-order valence-corrected chi connectivity index (χ3v) is 5.32. The highest BCUT2D eigenvalue weighted by atomic mass is 16.4. The minimum atomic E-state index is 0.0849. The van der Waals surface area contributed by atoms with E-state index in [2.05, 4.69) is 31.0 Å². The highest BCUT2D eigenvalue weighted by molar-refractivity contribution is 5.76. The zero-order chi connectivity index (χ0) is 16.2. The van der Waals surface area contributed by atoms with E-state index in [-0.39, 0.29) is 11.9 Å². The summed E-state index contributed by atoms with van der Waals surface area (Å²) in [6, 6.07) is 0.0849. The molecule has 2 rings (SSSR count). The first kappa shape index (κ1) is 16.8. The van der Waals surface area contributed by atoms with Crippen molar-refractivity contribution in [2.45, 2.75) is 59.3 Å². The van der Waals surface area contributed by atoms with Gasteiger partial charge in [-0.05, 0) is 30.6 Å². The Morgan fingerprint density at radius 3 is 2.64 bits per heavy atom. The summed E-state index contributed by atoms with van der Waals surface area (Å²) in [6.45, 7) is 8.70. The maximum absolute atomic E-state index is 12.3. The summed E-state index contributed by atoms with van der Waals surface area (Å²) in [5, 5.41) is 7.42. The molecular formula is C16H28N4O2. The lowest BCUT2D eigenvalue weighted by atomic mass is 9.70. The van der Waals surface area contributed by atoms with Gasteiger partial charge in [-0.15, -0.1) is 5.10 Å². The SMILES string of the molecule is CCC(C)C1(C)CCN(C(=O)CCCc2nnc(N)o2)CC1. The van der Waals surface area contributed by atoms with E-state index in [4.69, 9.17) is 10.2 Å². The van der Waals surface area contributed by atoms with Gasteiger partial charge in [0.15, 0.2) is 0 Å². The van der Waals surface area contributed by atoms with Crippen molar-refractivity contribution < 1.29 is 9.21 Å². The van der Waals surface area contributed by atoms with E-state index in [1.165, 1.54) is 6.42 Å². The Labute approximate surface area is 132 Å². The van der Waals surface area contributed by atoms with E-state index >= 15 is 0 Å². The van der Waals surface area contributed by atoms with E-state index < -0.39 is 0 Å². The average molecular weight is 308 g/mol. The van der Waals surface area contributed by atoms with Crippen molar-refractivity contribution >= 4 is 11.9 Å². The summed E-state index contributed by atoms with van der Waals surface area (Å²) in [6.07, 6.45) is 5.27. The first-order chi connectivity index (χ1) is 10.4. The number of likely N-dealkylation sites (tertiary alicyclic amines) is 1. The first-order valence-corrected chi connectivity index (χ1v) is 8.30. The van der Waals surface area contributed by atoms with Crippen LogP contribution in [0.25, 0.3) is 0 Å². The van der Waals surface area contributed by atoms with E-state index in [0.717, 1.165) is 32.4 Å². The molecule has 0 spiro atoms. The Morgan fingerprint density at radius 2 is 2.09 bits per heavy atom. The van der Waals surface area contributed by atoms with Crippen LogP contribution in [0.2, 0.25) is 0 Å². The number of nitrogen functional groups attached to an aromatic ring is 1. The number of carbonyl (C=O) groups is 1. The van der Waals surface area contributed by atoms with Crippen LogP contribution in [0.5, 0.6) is 0 Å². The molecule has 1 unspecified atom stereocenters. The number of amides is 1. The van der Waals surface area contributed by atoms with E-state index in [1.54, 1.807) is 0 Å². The molecule has 6 nitrogen and oxygen atoms in total. The van der Waals surface area contributed by atoms with Gasteiger partial charge in [-0.25, -0.2) is 0 Å². The molecule has 0 aliphatic carbocycles. The van der Waals surface area contributed by atoms with Gasteiger partial charge in [-0.1, -0.05) is 32.3 Å². The van der Waals surface area contributed by atoms with Crippen LogP contribution in [0, 0.1) is 11.3 Å². The minimum Gasteiger partial charge on any atom is -0.408 e. The molecule has 1 aromatic heterocycles. The predicted molar refractivity (Wildman–Crippen MR) is 85.0 cm³/mol. The van der Waals surface area contributed by atoms with Crippen molar-refractivity contribution in [2.75, 3.05) is 18.8 Å². The van der Waals surface area contributed by atoms with Gasteiger partial charge in [0.1, 0.15) is 0 Å². The maximum atomic E-state index is 12.3. The fourth-order valence-corrected chi connectivity index (χ4v) is 3.17. The predicted octanol–water partition coefficient (Wildman–Crippen LogP) is 2.65. The number of nitrogens with zero attached hydrogens (tertiary/aromatic N) is 3. The Kier molecular flexibility index (Phi) is 5.42. The number of anilines is 1. The summed E-state index contributed by atoms with van der Waals surface area (Å²) in [4.78, 5) is 14.3. The van der Waals surface area contributed by atoms with Crippen molar-refractivity contribution in [1.29, 1.82) is 0 Å². The zero-order valence-electron chi connectivity index (χ0n) is 14.0. The van der Waals surface area contributed by atoms with Crippen LogP contribution in [0.3, 0.4) is 0 Å². The first-order valence-electron chi connectivity index (χ1n) is 8.30. The van der Waals surface area contributed by atoms with E-state index in [0.29, 0.717) is 30.1 Å². The summed E-state index contributed by atoms with van der Waals surface area (Å²) >= 11 is 0. The monoisotopic (exact) mass is 308 g/mol. The number of piperidine rings is 1. The molecule has 1 fully saturated rings. The molecule has 22 heavy (non-hydrogen) atoms. The summed E-state index contributed by atoms with van der Waals surface area (Å²) < 4.78 is 5.11. The van der Waals surface area contributed by atoms with Gasteiger partial charge in [0.25, 0.3) is 0 Å². The smallest absolute Gasteiger partial charge is 0.312 e. The number of aryl methyl sites for hydroxylation is 1. The van der Waals surface area contributed by atoms with Crippen LogP contribution < -0.4 is 5.73 Å². The van der Waals surface area contributed by atoms with Gasteiger partial charge in [0, 0.05) is 25.9 Å². The average Bonchev–Trinajstić information content (AvgIpc) is 2.92. The molecule has 1 saturated heterocycles.